The topological polar surface area (TPSA) is 40.9 Å². The number of pyridine rings is 1. The van der Waals surface area contributed by atoms with Gasteiger partial charge in [-0.2, -0.15) is 5.10 Å². The van der Waals surface area contributed by atoms with E-state index in [2.05, 4.69) is 62.3 Å². The highest BCUT2D eigenvalue weighted by Crippen LogP contribution is 2.39. The third kappa shape index (κ3) is 3.62. The van der Waals surface area contributed by atoms with Gasteiger partial charge in [-0.15, -0.1) is 11.3 Å². The molecule has 0 bridgehead atoms. The minimum atomic E-state index is 0.635. The van der Waals surface area contributed by atoms with E-state index in [1.807, 2.05) is 17.3 Å². The normalized spacial score (nSPS) is 13.6. The second-order valence-electron chi connectivity index (χ2n) is 6.80. The molecular weight excluding hydrogens is 384 g/mol. The predicted molar refractivity (Wildman–Crippen MR) is 121 cm³/mol. The molecule has 1 aliphatic rings. The molecule has 3 aromatic rings. The van der Waals surface area contributed by atoms with Crippen LogP contribution in [0.1, 0.15) is 32.7 Å². The highest BCUT2D eigenvalue weighted by Gasteiger charge is 2.25. The molecule has 3 heterocycles. The zero-order chi connectivity index (χ0) is 19.7. The summed E-state index contributed by atoms with van der Waals surface area (Å²) in [6, 6.07) is 12.6. The molecule has 0 fully saturated rings. The molecule has 6 heteroatoms. The van der Waals surface area contributed by atoms with Crippen molar-refractivity contribution in [1.29, 1.82) is 0 Å². The van der Waals surface area contributed by atoms with Crippen molar-refractivity contribution in [3.63, 3.8) is 0 Å². The Morgan fingerprint density at radius 1 is 1.07 bits per heavy atom. The summed E-state index contributed by atoms with van der Waals surface area (Å²) in [6.07, 6.45) is 5.73. The average Bonchev–Trinajstić information content (AvgIpc) is 2.89. The van der Waals surface area contributed by atoms with Crippen molar-refractivity contribution in [2.75, 3.05) is 6.26 Å². The molecule has 0 atom stereocenters. The first-order valence-corrected chi connectivity index (χ1v) is 11.2. The van der Waals surface area contributed by atoms with Crippen LogP contribution in [0.3, 0.4) is 0 Å². The summed E-state index contributed by atoms with van der Waals surface area (Å²) < 4.78 is 0. The second kappa shape index (κ2) is 7.89. The third-order valence-corrected chi connectivity index (χ3v) is 6.57. The summed E-state index contributed by atoms with van der Waals surface area (Å²) in [5, 5.41) is 9.05. The molecule has 28 heavy (non-hydrogen) atoms. The first-order chi connectivity index (χ1) is 13.6. The molecule has 4 nitrogen and oxygen atoms in total. The van der Waals surface area contributed by atoms with Gasteiger partial charge >= 0.3 is 0 Å². The highest BCUT2D eigenvalue weighted by molar-refractivity contribution is 8.13. The van der Waals surface area contributed by atoms with Crippen LogP contribution in [-0.2, 0) is 6.54 Å². The summed E-state index contributed by atoms with van der Waals surface area (Å²) in [5.41, 5.74) is 6.84. The van der Waals surface area contributed by atoms with Crippen LogP contribution >= 0.6 is 23.1 Å². The van der Waals surface area contributed by atoms with Gasteiger partial charge in [0.2, 0.25) is 0 Å². The lowest BCUT2D eigenvalue weighted by Gasteiger charge is -2.19. The highest BCUT2D eigenvalue weighted by atomic mass is 32.2. The molecule has 4 rings (SSSR count). The van der Waals surface area contributed by atoms with Gasteiger partial charge in [-0.05, 0) is 44.2 Å². The van der Waals surface area contributed by atoms with Gasteiger partial charge in [0.25, 0.3) is 0 Å². The van der Waals surface area contributed by atoms with E-state index in [0.717, 1.165) is 32.6 Å². The summed E-state index contributed by atoms with van der Waals surface area (Å²) >= 11 is 3.36. The van der Waals surface area contributed by atoms with E-state index in [4.69, 9.17) is 10.1 Å². The minimum Gasteiger partial charge on any atom is -0.264 e. The zero-order valence-corrected chi connectivity index (χ0v) is 18.1. The summed E-state index contributed by atoms with van der Waals surface area (Å²) in [4.78, 5) is 10.5. The smallest absolute Gasteiger partial charge is 0.185 e. The lowest BCUT2D eigenvalue weighted by Crippen LogP contribution is -2.24. The van der Waals surface area contributed by atoms with Crippen molar-refractivity contribution in [2.45, 2.75) is 27.3 Å². The summed E-state index contributed by atoms with van der Waals surface area (Å²) in [6.45, 7) is 7.06. The standard InChI is InChI=1S/C22H22N4S2/c1-14-7-9-18(10-8-14)20-19-15(2)16(3)28-21(19)24-22(27-4)26(25-20)13-17-6-5-11-23-12-17/h5-12H,13H2,1-4H3. The Balaban J connectivity index is 1.88. The number of benzene rings is 1. The Morgan fingerprint density at radius 2 is 1.86 bits per heavy atom. The first kappa shape index (κ1) is 18.9. The molecule has 2 aromatic heterocycles. The first-order valence-electron chi connectivity index (χ1n) is 9.12. The second-order valence-corrected chi connectivity index (χ2v) is 8.77. The fraction of sp³-hybridized carbons (Fsp3) is 0.227. The number of hydrazone groups is 1. The largest absolute Gasteiger partial charge is 0.264 e. The van der Waals surface area contributed by atoms with Gasteiger partial charge in [-0.1, -0.05) is 47.7 Å². The Kier molecular flexibility index (Phi) is 5.33. The number of aryl methyl sites for hydroxylation is 2. The number of thioether (sulfide) groups is 1. The van der Waals surface area contributed by atoms with E-state index in [9.17, 15) is 0 Å². The van der Waals surface area contributed by atoms with Gasteiger partial charge < -0.3 is 0 Å². The Hall–Kier alpha value is -2.44. The molecule has 0 unspecified atom stereocenters. The summed E-state index contributed by atoms with van der Waals surface area (Å²) in [5.74, 6) is 0. The van der Waals surface area contributed by atoms with Gasteiger partial charge in [-0.3, -0.25) is 4.98 Å². The number of aliphatic imine (C=N–C) groups is 1. The van der Waals surface area contributed by atoms with E-state index in [1.165, 1.54) is 16.0 Å². The summed E-state index contributed by atoms with van der Waals surface area (Å²) in [7, 11) is 0. The van der Waals surface area contributed by atoms with E-state index < -0.39 is 0 Å². The van der Waals surface area contributed by atoms with Crippen LogP contribution in [0, 0.1) is 20.8 Å². The fourth-order valence-electron chi connectivity index (χ4n) is 3.16. The van der Waals surface area contributed by atoms with Crippen molar-refractivity contribution in [3.8, 4) is 0 Å². The van der Waals surface area contributed by atoms with Crippen LogP contribution in [0.2, 0.25) is 0 Å². The van der Waals surface area contributed by atoms with Crippen LogP contribution in [0.25, 0.3) is 0 Å². The maximum atomic E-state index is 5.12. The van der Waals surface area contributed by atoms with E-state index in [0.29, 0.717) is 6.54 Å². The van der Waals surface area contributed by atoms with Crippen LogP contribution < -0.4 is 0 Å². The number of rotatable bonds is 3. The van der Waals surface area contributed by atoms with Gasteiger partial charge in [0, 0.05) is 28.4 Å². The van der Waals surface area contributed by atoms with Gasteiger partial charge in [-0.25, -0.2) is 10.0 Å². The molecule has 0 spiro atoms. The van der Waals surface area contributed by atoms with Crippen molar-refractivity contribution >= 4 is 39.0 Å². The number of hydrogen-bond donors (Lipinski definition) is 0. The zero-order valence-electron chi connectivity index (χ0n) is 16.4. The van der Waals surface area contributed by atoms with E-state index in [1.54, 1.807) is 29.3 Å². The molecule has 0 N–H and O–H groups in total. The molecular formula is C22H22N4S2. The monoisotopic (exact) mass is 406 g/mol. The number of aromatic nitrogens is 1. The lowest BCUT2D eigenvalue weighted by molar-refractivity contribution is 0.449. The minimum absolute atomic E-state index is 0.635. The van der Waals surface area contributed by atoms with Gasteiger partial charge in [0.05, 0.1) is 6.54 Å². The lowest BCUT2D eigenvalue weighted by atomic mass is 9.99. The molecule has 1 aromatic carbocycles. The van der Waals surface area contributed by atoms with Crippen molar-refractivity contribution in [2.24, 2.45) is 10.1 Å². The molecule has 0 radical (unpaired) electrons. The van der Waals surface area contributed by atoms with Crippen molar-refractivity contribution < 1.29 is 0 Å². The van der Waals surface area contributed by atoms with Gasteiger partial charge in [0.15, 0.2) is 5.17 Å². The Bertz CT molecular complexity index is 1050. The number of thiophene rings is 1. The van der Waals surface area contributed by atoms with Crippen LogP contribution in [-0.4, -0.2) is 27.1 Å². The fourth-order valence-corrected chi connectivity index (χ4v) is 4.74. The van der Waals surface area contributed by atoms with E-state index in [-0.39, 0.29) is 0 Å². The quantitative estimate of drug-likeness (QED) is 0.561. The number of fused-ring (bicyclic) bond motifs is 1. The maximum absolute atomic E-state index is 5.12. The number of amidine groups is 1. The molecule has 0 aliphatic carbocycles. The van der Waals surface area contributed by atoms with Gasteiger partial charge in [0.1, 0.15) is 10.7 Å². The van der Waals surface area contributed by atoms with Crippen molar-refractivity contribution in [1.82, 2.24) is 9.99 Å². The van der Waals surface area contributed by atoms with Crippen LogP contribution in [0.15, 0.2) is 58.9 Å². The molecule has 0 amide bonds. The SMILES string of the molecule is CSC1=Nc2sc(C)c(C)c2C(c2ccc(C)cc2)=NN1Cc1cccnc1. The number of hydrogen-bond acceptors (Lipinski definition) is 6. The molecule has 142 valence electrons. The predicted octanol–water partition coefficient (Wildman–Crippen LogP) is 5.69. The van der Waals surface area contributed by atoms with Crippen LogP contribution in [0.4, 0.5) is 5.00 Å². The molecule has 1 aliphatic heterocycles. The number of nitrogens with zero attached hydrogens (tertiary/aromatic N) is 4. The average molecular weight is 407 g/mol. The van der Waals surface area contributed by atoms with E-state index >= 15 is 0 Å². The Labute approximate surface area is 174 Å². The Morgan fingerprint density at radius 3 is 2.54 bits per heavy atom. The third-order valence-electron chi connectivity index (χ3n) is 4.80. The van der Waals surface area contributed by atoms with Crippen molar-refractivity contribution in [3.05, 3.63) is 81.5 Å². The van der Waals surface area contributed by atoms with Crippen LogP contribution in [0.5, 0.6) is 0 Å². The maximum Gasteiger partial charge on any atom is 0.185 e. The molecule has 0 saturated heterocycles. The molecule has 0 saturated carbocycles.